The van der Waals surface area contributed by atoms with Crippen LogP contribution in [0.3, 0.4) is 0 Å². The fraction of sp³-hybridized carbons (Fsp3) is 0.412. The summed E-state index contributed by atoms with van der Waals surface area (Å²) >= 11 is 0. The number of amides is 1. The van der Waals surface area contributed by atoms with E-state index in [2.05, 4.69) is 11.9 Å². The normalized spacial score (nSPS) is 15.0. The molecule has 1 fully saturated rings. The Hall–Kier alpha value is -2.30. The number of piperidine rings is 1. The number of hydrogen-bond acceptors (Lipinski definition) is 3. The zero-order chi connectivity index (χ0) is 16.4. The molecule has 0 spiro atoms. The molecule has 0 bridgehead atoms. The molecule has 22 heavy (non-hydrogen) atoms. The molecule has 1 aromatic carbocycles. The van der Waals surface area contributed by atoms with E-state index in [4.69, 9.17) is 5.11 Å². The van der Waals surface area contributed by atoms with Crippen LogP contribution >= 0.6 is 0 Å². The van der Waals surface area contributed by atoms with Crippen LogP contribution in [0.2, 0.25) is 0 Å². The van der Waals surface area contributed by atoms with Gasteiger partial charge in [-0.15, -0.1) is 0 Å². The van der Waals surface area contributed by atoms with E-state index in [0.717, 1.165) is 25.1 Å². The van der Waals surface area contributed by atoms with E-state index in [9.17, 15) is 9.59 Å². The van der Waals surface area contributed by atoms with Gasteiger partial charge in [-0.2, -0.15) is 0 Å². The number of carbonyl (C=O) groups excluding carboxylic acids is 1. The molecule has 0 aliphatic carbocycles. The van der Waals surface area contributed by atoms with E-state index in [-0.39, 0.29) is 0 Å². The van der Waals surface area contributed by atoms with Gasteiger partial charge in [0.25, 0.3) is 0 Å². The molecular formula is C17H24N2O3. The molecule has 5 heteroatoms. The van der Waals surface area contributed by atoms with Gasteiger partial charge in [0.15, 0.2) is 0 Å². The lowest BCUT2D eigenvalue weighted by molar-refractivity contribution is -0.139. The number of allylic oxidation sites excluding steroid dienone is 1. The molecule has 120 valence electrons. The van der Waals surface area contributed by atoms with Crippen molar-refractivity contribution < 1.29 is 14.7 Å². The highest BCUT2D eigenvalue weighted by molar-refractivity contribution is 5.75. The first-order valence-electron chi connectivity index (χ1n) is 7.43. The number of likely N-dealkylation sites (tertiary alicyclic amines) is 1. The van der Waals surface area contributed by atoms with Crippen LogP contribution in [-0.2, 0) is 9.59 Å². The molecule has 1 aliphatic rings. The zero-order valence-electron chi connectivity index (χ0n) is 13.0. The van der Waals surface area contributed by atoms with Crippen LogP contribution in [0.25, 0.3) is 0 Å². The topological polar surface area (TPSA) is 69.6 Å². The molecule has 0 saturated carbocycles. The van der Waals surface area contributed by atoms with Gasteiger partial charge in [0.1, 0.15) is 6.04 Å². The molecule has 1 aromatic rings. The molecule has 1 heterocycles. The van der Waals surface area contributed by atoms with Crippen molar-refractivity contribution in [1.29, 1.82) is 0 Å². The molecule has 2 N–H and O–H groups in total. The number of aliphatic carboxylic acids is 1. The highest BCUT2D eigenvalue weighted by Crippen LogP contribution is 2.13. The first kappa shape index (κ1) is 17.8. The summed E-state index contributed by atoms with van der Waals surface area (Å²) in [6, 6.07) is 8.30. The van der Waals surface area contributed by atoms with E-state index < -0.39 is 12.0 Å². The number of carboxylic acid groups (broad SMARTS) is 1. The van der Waals surface area contributed by atoms with Crippen LogP contribution in [0.5, 0.6) is 0 Å². The third-order valence-electron chi connectivity index (χ3n) is 3.31. The standard InChI is InChI=1S/C11H13NO2.C6H11NO/c1-8(2)12-10(11(13)14)9-6-4-3-5-7-9;8-6-7-4-2-1-3-5-7/h3-7,10,12H,1H2,2H3,(H,13,14);6H,1-5H2. The maximum atomic E-state index is 10.9. The largest absolute Gasteiger partial charge is 0.479 e. The number of rotatable bonds is 5. The van der Waals surface area contributed by atoms with Crippen molar-refractivity contribution in [3.63, 3.8) is 0 Å². The Labute approximate surface area is 131 Å². The van der Waals surface area contributed by atoms with E-state index >= 15 is 0 Å². The van der Waals surface area contributed by atoms with Crippen LogP contribution in [0.1, 0.15) is 37.8 Å². The number of benzene rings is 1. The summed E-state index contributed by atoms with van der Waals surface area (Å²) in [5, 5.41) is 11.8. The van der Waals surface area contributed by atoms with E-state index in [0.29, 0.717) is 5.70 Å². The van der Waals surface area contributed by atoms with Crippen molar-refractivity contribution in [1.82, 2.24) is 10.2 Å². The summed E-state index contributed by atoms with van der Waals surface area (Å²) in [5.41, 5.74) is 1.37. The van der Waals surface area contributed by atoms with Crippen molar-refractivity contribution in [3.05, 3.63) is 48.2 Å². The summed E-state index contributed by atoms with van der Waals surface area (Å²) in [7, 11) is 0. The SMILES string of the molecule is C=C(C)NC(C(=O)O)c1ccccc1.O=CN1CCCCC1. The Morgan fingerprint density at radius 2 is 1.86 bits per heavy atom. The minimum Gasteiger partial charge on any atom is -0.479 e. The summed E-state index contributed by atoms with van der Waals surface area (Å²) in [4.78, 5) is 22.9. The molecule has 5 nitrogen and oxygen atoms in total. The van der Waals surface area contributed by atoms with Crippen molar-refractivity contribution in [2.75, 3.05) is 13.1 Å². The Morgan fingerprint density at radius 1 is 1.27 bits per heavy atom. The maximum Gasteiger partial charge on any atom is 0.330 e. The van der Waals surface area contributed by atoms with Crippen molar-refractivity contribution in [3.8, 4) is 0 Å². The second kappa shape index (κ2) is 9.60. The van der Waals surface area contributed by atoms with Gasteiger partial charge < -0.3 is 15.3 Å². The van der Waals surface area contributed by atoms with Crippen LogP contribution in [-0.4, -0.2) is 35.5 Å². The summed E-state index contributed by atoms with van der Waals surface area (Å²) in [6.07, 6.45) is 4.63. The predicted molar refractivity (Wildman–Crippen MR) is 86.3 cm³/mol. The van der Waals surface area contributed by atoms with Gasteiger partial charge in [-0.1, -0.05) is 36.9 Å². The highest BCUT2D eigenvalue weighted by Gasteiger charge is 2.18. The van der Waals surface area contributed by atoms with Crippen LogP contribution in [0, 0.1) is 0 Å². The lowest BCUT2D eigenvalue weighted by Crippen LogP contribution is -2.27. The molecule has 1 aliphatic heterocycles. The molecule has 1 saturated heterocycles. The van der Waals surface area contributed by atoms with Gasteiger partial charge in [0.05, 0.1) is 0 Å². The lowest BCUT2D eigenvalue weighted by atomic mass is 10.1. The smallest absolute Gasteiger partial charge is 0.330 e. The summed E-state index contributed by atoms with van der Waals surface area (Å²) in [5.74, 6) is -0.904. The number of nitrogens with zero attached hydrogens (tertiary/aromatic N) is 1. The van der Waals surface area contributed by atoms with Crippen molar-refractivity contribution >= 4 is 12.4 Å². The third-order valence-corrected chi connectivity index (χ3v) is 3.31. The first-order valence-corrected chi connectivity index (χ1v) is 7.43. The maximum absolute atomic E-state index is 10.9. The number of carboxylic acids is 1. The predicted octanol–water partition coefficient (Wildman–Crippen LogP) is 2.56. The Balaban J connectivity index is 0.000000255. The average Bonchev–Trinajstić information content (AvgIpc) is 2.54. The van der Waals surface area contributed by atoms with Gasteiger partial charge >= 0.3 is 5.97 Å². The van der Waals surface area contributed by atoms with Gasteiger partial charge in [-0.05, 0) is 31.7 Å². The third kappa shape index (κ3) is 6.43. The molecule has 0 aromatic heterocycles. The van der Waals surface area contributed by atoms with Gasteiger partial charge in [-0.3, -0.25) is 4.79 Å². The number of nitrogens with one attached hydrogen (secondary N) is 1. The van der Waals surface area contributed by atoms with Crippen LogP contribution < -0.4 is 5.32 Å². The fourth-order valence-electron chi connectivity index (χ4n) is 2.20. The molecule has 0 radical (unpaired) electrons. The van der Waals surface area contributed by atoms with Crippen LogP contribution in [0.15, 0.2) is 42.6 Å². The molecule has 2 rings (SSSR count). The summed E-state index contributed by atoms with van der Waals surface area (Å²) < 4.78 is 0. The summed E-state index contributed by atoms with van der Waals surface area (Å²) in [6.45, 7) is 7.31. The van der Waals surface area contributed by atoms with Gasteiger partial charge in [0, 0.05) is 18.8 Å². The second-order valence-electron chi connectivity index (χ2n) is 5.31. The zero-order valence-corrected chi connectivity index (χ0v) is 13.0. The minimum absolute atomic E-state index is 0.640. The molecule has 1 amide bonds. The van der Waals surface area contributed by atoms with Gasteiger partial charge in [0.2, 0.25) is 6.41 Å². The van der Waals surface area contributed by atoms with Crippen molar-refractivity contribution in [2.45, 2.75) is 32.2 Å². The molecule has 1 atom stereocenters. The Morgan fingerprint density at radius 3 is 2.27 bits per heavy atom. The fourth-order valence-corrected chi connectivity index (χ4v) is 2.20. The first-order chi connectivity index (χ1) is 10.5. The minimum atomic E-state index is -0.904. The Bertz CT molecular complexity index is 482. The Kier molecular flexibility index (Phi) is 7.75. The average molecular weight is 304 g/mol. The quantitative estimate of drug-likeness (QED) is 0.820. The lowest BCUT2D eigenvalue weighted by Gasteiger charge is -2.21. The van der Waals surface area contributed by atoms with Gasteiger partial charge in [-0.25, -0.2) is 4.79 Å². The monoisotopic (exact) mass is 304 g/mol. The van der Waals surface area contributed by atoms with Crippen molar-refractivity contribution in [2.24, 2.45) is 0 Å². The number of hydrogen-bond donors (Lipinski definition) is 2. The van der Waals surface area contributed by atoms with E-state index in [1.54, 1.807) is 19.1 Å². The molecular weight excluding hydrogens is 280 g/mol. The van der Waals surface area contributed by atoms with E-state index in [1.165, 1.54) is 19.3 Å². The molecule has 1 unspecified atom stereocenters. The van der Waals surface area contributed by atoms with E-state index in [1.807, 2.05) is 23.1 Å². The number of carbonyl (C=O) groups is 2. The van der Waals surface area contributed by atoms with Crippen LogP contribution in [0.4, 0.5) is 0 Å². The highest BCUT2D eigenvalue weighted by atomic mass is 16.4. The second-order valence-corrected chi connectivity index (χ2v) is 5.31.